The summed E-state index contributed by atoms with van der Waals surface area (Å²) >= 11 is 0. The Bertz CT molecular complexity index is 348. The van der Waals surface area contributed by atoms with Gasteiger partial charge >= 0.3 is 0 Å². The zero-order valence-electron chi connectivity index (χ0n) is 11.7. The Kier molecular flexibility index (Phi) is 3.64. The van der Waals surface area contributed by atoms with Crippen LogP contribution in [0.3, 0.4) is 0 Å². The molecule has 0 radical (unpaired) electrons. The van der Waals surface area contributed by atoms with Gasteiger partial charge in [0.05, 0.1) is 0 Å². The quantitative estimate of drug-likeness (QED) is 0.815. The van der Waals surface area contributed by atoms with E-state index in [9.17, 15) is 9.59 Å². The fraction of sp³-hybridized carbons (Fsp3) is 0.857. The molecule has 18 heavy (non-hydrogen) atoms. The largest absolute Gasteiger partial charge is 0.340 e. The molecule has 1 heterocycles. The molecule has 2 unspecified atom stereocenters. The summed E-state index contributed by atoms with van der Waals surface area (Å²) in [6.45, 7) is 5.92. The highest BCUT2D eigenvalue weighted by Gasteiger charge is 2.50. The summed E-state index contributed by atoms with van der Waals surface area (Å²) in [7, 11) is 0. The van der Waals surface area contributed by atoms with Crippen LogP contribution in [0.2, 0.25) is 0 Å². The Hall–Kier alpha value is -1.06. The monoisotopic (exact) mass is 252 g/mol. The summed E-state index contributed by atoms with van der Waals surface area (Å²) in [6, 6.07) is -0.197. The molecular formula is C14H24N2O2. The molecule has 1 N–H and O–H groups in total. The number of piperazine rings is 1. The summed E-state index contributed by atoms with van der Waals surface area (Å²) in [5, 5.41) is 3.01. The molecule has 2 rings (SSSR count). The smallest absolute Gasteiger partial charge is 0.249 e. The highest BCUT2D eigenvalue weighted by Crippen LogP contribution is 2.34. The molecule has 102 valence electrons. The predicted molar refractivity (Wildman–Crippen MR) is 70.0 cm³/mol. The lowest BCUT2D eigenvalue weighted by Gasteiger charge is -2.48. The first kappa shape index (κ1) is 13.4. The number of hydrogen-bond acceptors (Lipinski definition) is 2. The predicted octanol–water partition coefficient (Wildman–Crippen LogP) is 1.83. The second-order valence-electron chi connectivity index (χ2n) is 5.78. The lowest BCUT2D eigenvalue weighted by molar-refractivity contribution is -0.158. The average molecular weight is 252 g/mol. The molecular weight excluding hydrogens is 228 g/mol. The van der Waals surface area contributed by atoms with Gasteiger partial charge in [0, 0.05) is 6.04 Å². The second-order valence-corrected chi connectivity index (χ2v) is 5.78. The van der Waals surface area contributed by atoms with E-state index in [1.807, 2.05) is 18.7 Å². The number of nitrogens with zero attached hydrogens (tertiary/aromatic N) is 1. The maximum absolute atomic E-state index is 12.8. The van der Waals surface area contributed by atoms with E-state index in [4.69, 9.17) is 0 Å². The first-order valence-electron chi connectivity index (χ1n) is 7.16. The van der Waals surface area contributed by atoms with Crippen LogP contribution in [0.25, 0.3) is 0 Å². The third-order valence-electron chi connectivity index (χ3n) is 4.58. The molecule has 2 atom stereocenters. The number of hydrogen-bond donors (Lipinski definition) is 1. The summed E-state index contributed by atoms with van der Waals surface area (Å²) in [5.74, 6) is 0.153. The van der Waals surface area contributed by atoms with Crippen molar-refractivity contribution in [2.24, 2.45) is 0 Å². The van der Waals surface area contributed by atoms with Crippen molar-refractivity contribution in [1.29, 1.82) is 0 Å². The lowest BCUT2D eigenvalue weighted by Crippen LogP contribution is -2.71. The van der Waals surface area contributed by atoms with Gasteiger partial charge in [-0.25, -0.2) is 0 Å². The molecule has 2 amide bonds. The van der Waals surface area contributed by atoms with Crippen molar-refractivity contribution in [2.45, 2.75) is 76.9 Å². The van der Waals surface area contributed by atoms with Gasteiger partial charge in [-0.2, -0.15) is 0 Å². The Morgan fingerprint density at radius 2 is 1.94 bits per heavy atom. The number of nitrogens with one attached hydrogen (secondary N) is 1. The van der Waals surface area contributed by atoms with Crippen LogP contribution in [0, 0.1) is 0 Å². The zero-order chi connectivity index (χ0) is 13.3. The number of rotatable bonds is 2. The highest BCUT2D eigenvalue weighted by atomic mass is 16.2. The molecule has 2 aliphatic rings. The van der Waals surface area contributed by atoms with Crippen LogP contribution in [0.4, 0.5) is 0 Å². The Labute approximate surface area is 109 Å². The van der Waals surface area contributed by atoms with E-state index in [0.29, 0.717) is 0 Å². The van der Waals surface area contributed by atoms with Gasteiger partial charge < -0.3 is 10.2 Å². The third-order valence-corrected chi connectivity index (χ3v) is 4.58. The number of carbonyl (C=O) groups excluding carboxylic acids is 2. The minimum absolute atomic E-state index is 0.0109. The van der Waals surface area contributed by atoms with Crippen LogP contribution in [0.1, 0.15) is 59.3 Å². The van der Waals surface area contributed by atoms with E-state index in [1.54, 1.807) is 0 Å². The van der Waals surface area contributed by atoms with Crippen LogP contribution in [-0.2, 0) is 9.59 Å². The Morgan fingerprint density at radius 3 is 2.50 bits per heavy atom. The number of carbonyl (C=O) groups is 2. The van der Waals surface area contributed by atoms with Crippen LogP contribution >= 0.6 is 0 Å². The van der Waals surface area contributed by atoms with Crippen molar-refractivity contribution < 1.29 is 9.59 Å². The summed E-state index contributed by atoms with van der Waals surface area (Å²) < 4.78 is 0. The highest BCUT2D eigenvalue weighted by molar-refractivity contribution is 5.99. The van der Waals surface area contributed by atoms with Crippen LogP contribution in [-0.4, -0.2) is 34.3 Å². The van der Waals surface area contributed by atoms with E-state index in [1.165, 1.54) is 6.42 Å². The molecule has 4 nitrogen and oxygen atoms in total. The molecule has 1 saturated carbocycles. The van der Waals surface area contributed by atoms with Crippen molar-refractivity contribution in [1.82, 2.24) is 10.2 Å². The van der Waals surface area contributed by atoms with Gasteiger partial charge in [-0.3, -0.25) is 9.59 Å². The van der Waals surface area contributed by atoms with E-state index < -0.39 is 5.54 Å². The standard InChI is InChI=1S/C14H24N2O2/c1-4-10(2)16-11(3)12(17)15-14(13(16)18)8-6-5-7-9-14/h10-11H,4-9H2,1-3H3,(H,15,17). The summed E-state index contributed by atoms with van der Waals surface area (Å²) in [6.07, 6.45) is 5.74. The van der Waals surface area contributed by atoms with E-state index in [0.717, 1.165) is 32.1 Å². The first-order valence-corrected chi connectivity index (χ1v) is 7.16. The molecule has 1 aliphatic heterocycles. The first-order chi connectivity index (χ1) is 8.52. The molecule has 0 aromatic heterocycles. The molecule has 1 spiro atoms. The molecule has 0 aromatic carbocycles. The molecule has 2 fully saturated rings. The van der Waals surface area contributed by atoms with E-state index in [2.05, 4.69) is 12.2 Å². The maximum atomic E-state index is 12.8. The molecule has 1 saturated heterocycles. The van der Waals surface area contributed by atoms with Gasteiger partial charge in [0.25, 0.3) is 0 Å². The fourth-order valence-corrected chi connectivity index (χ4v) is 3.22. The Balaban J connectivity index is 2.29. The minimum atomic E-state index is -0.592. The van der Waals surface area contributed by atoms with Crippen LogP contribution in [0.15, 0.2) is 0 Å². The molecule has 1 aliphatic carbocycles. The molecule has 0 aromatic rings. The summed E-state index contributed by atoms with van der Waals surface area (Å²) in [4.78, 5) is 26.7. The van der Waals surface area contributed by atoms with Crippen LogP contribution in [0.5, 0.6) is 0 Å². The van der Waals surface area contributed by atoms with E-state index in [-0.39, 0.29) is 23.9 Å². The maximum Gasteiger partial charge on any atom is 0.249 e. The van der Waals surface area contributed by atoms with Gasteiger partial charge in [-0.05, 0) is 33.1 Å². The van der Waals surface area contributed by atoms with Crippen molar-refractivity contribution in [2.75, 3.05) is 0 Å². The molecule has 4 heteroatoms. The fourth-order valence-electron chi connectivity index (χ4n) is 3.22. The van der Waals surface area contributed by atoms with Crippen molar-refractivity contribution >= 4 is 11.8 Å². The lowest BCUT2D eigenvalue weighted by atomic mass is 9.78. The normalized spacial score (nSPS) is 29.3. The van der Waals surface area contributed by atoms with Crippen LogP contribution < -0.4 is 5.32 Å². The minimum Gasteiger partial charge on any atom is -0.340 e. The van der Waals surface area contributed by atoms with Crippen molar-refractivity contribution in [3.05, 3.63) is 0 Å². The number of amides is 2. The van der Waals surface area contributed by atoms with Gasteiger partial charge in [-0.15, -0.1) is 0 Å². The van der Waals surface area contributed by atoms with E-state index >= 15 is 0 Å². The zero-order valence-corrected chi connectivity index (χ0v) is 11.7. The third kappa shape index (κ3) is 2.02. The van der Waals surface area contributed by atoms with Gasteiger partial charge in [0.15, 0.2) is 0 Å². The second kappa shape index (κ2) is 4.90. The van der Waals surface area contributed by atoms with Gasteiger partial charge in [-0.1, -0.05) is 26.2 Å². The van der Waals surface area contributed by atoms with Crippen molar-refractivity contribution in [3.8, 4) is 0 Å². The van der Waals surface area contributed by atoms with Crippen molar-refractivity contribution in [3.63, 3.8) is 0 Å². The summed E-state index contributed by atoms with van der Waals surface area (Å²) in [5.41, 5.74) is -0.592. The Morgan fingerprint density at radius 1 is 1.33 bits per heavy atom. The van der Waals surface area contributed by atoms with Gasteiger partial charge in [0.1, 0.15) is 11.6 Å². The molecule has 0 bridgehead atoms. The SMILES string of the molecule is CCC(C)N1C(=O)C2(CCCCC2)NC(=O)C1C. The average Bonchev–Trinajstić information content (AvgIpc) is 2.38. The van der Waals surface area contributed by atoms with Gasteiger partial charge in [0.2, 0.25) is 11.8 Å². The topological polar surface area (TPSA) is 49.4 Å².